The van der Waals surface area contributed by atoms with Gasteiger partial charge in [-0.3, -0.25) is 9.59 Å². The molecule has 39 heavy (non-hydrogen) atoms. The summed E-state index contributed by atoms with van der Waals surface area (Å²) in [6.45, 7) is 0.434. The molecule has 0 radical (unpaired) electrons. The number of hydrogen-bond donors (Lipinski definition) is 2. The Hall–Kier alpha value is -3.94. The molecule has 10 nitrogen and oxygen atoms in total. The molecule has 206 valence electrons. The molecule has 0 unspecified atom stereocenters. The molecule has 2 aromatic heterocycles. The molecule has 2 aliphatic rings. The van der Waals surface area contributed by atoms with E-state index in [-0.39, 0.29) is 23.6 Å². The Kier molecular flexibility index (Phi) is 6.40. The number of pyridine rings is 1. The number of amides is 2. The summed E-state index contributed by atoms with van der Waals surface area (Å²) in [5.74, 6) is -1.77. The summed E-state index contributed by atoms with van der Waals surface area (Å²) >= 11 is 0. The summed E-state index contributed by atoms with van der Waals surface area (Å²) in [4.78, 5) is 30.4. The van der Waals surface area contributed by atoms with Crippen LogP contribution in [0.15, 0.2) is 36.5 Å². The van der Waals surface area contributed by atoms with Crippen LogP contribution in [0, 0.1) is 6.92 Å². The first-order valence-corrected chi connectivity index (χ1v) is 14.0. The number of hydrogen-bond acceptors (Lipinski definition) is 7. The Morgan fingerprint density at radius 2 is 2.03 bits per heavy atom. The summed E-state index contributed by atoms with van der Waals surface area (Å²) in [6.07, 6.45) is -0.751. The van der Waals surface area contributed by atoms with E-state index in [1.54, 1.807) is 30.5 Å². The minimum atomic E-state index is -4.46. The topological polar surface area (TPSA) is 132 Å². The van der Waals surface area contributed by atoms with Crippen molar-refractivity contribution < 1.29 is 35.9 Å². The number of fused-ring (bicyclic) bond motifs is 3. The van der Waals surface area contributed by atoms with E-state index in [2.05, 4.69) is 20.7 Å². The molecule has 0 saturated heterocycles. The highest BCUT2D eigenvalue weighted by molar-refractivity contribution is 7.91. The molecule has 0 fully saturated rings. The normalized spacial score (nSPS) is 18.4. The molecule has 14 heteroatoms. The summed E-state index contributed by atoms with van der Waals surface area (Å²) in [7, 11) is -3.64. The molecule has 1 atom stereocenters. The Morgan fingerprint density at radius 3 is 2.69 bits per heavy atom. The van der Waals surface area contributed by atoms with Crippen molar-refractivity contribution in [2.45, 2.75) is 37.9 Å². The highest BCUT2D eigenvalue weighted by Crippen LogP contribution is 2.44. The van der Waals surface area contributed by atoms with Crippen LogP contribution in [0.2, 0.25) is 0 Å². The number of aryl methyl sites for hydroxylation is 2. The number of halogens is 3. The minimum absolute atomic E-state index is 0.00327. The second-order valence-electron chi connectivity index (χ2n) is 9.83. The molecule has 2 amide bonds. The van der Waals surface area contributed by atoms with E-state index in [0.29, 0.717) is 24.4 Å². The number of nitrogens with zero attached hydrogens (tertiary/aromatic N) is 3. The van der Waals surface area contributed by atoms with Gasteiger partial charge in [0, 0.05) is 18.9 Å². The van der Waals surface area contributed by atoms with Crippen molar-refractivity contribution in [1.29, 1.82) is 0 Å². The van der Waals surface area contributed by atoms with Gasteiger partial charge < -0.3 is 15.4 Å². The third-order valence-electron chi connectivity index (χ3n) is 6.59. The molecule has 1 aliphatic heterocycles. The van der Waals surface area contributed by atoms with E-state index in [1.807, 2.05) is 6.92 Å². The van der Waals surface area contributed by atoms with Crippen molar-refractivity contribution in [1.82, 2.24) is 20.1 Å². The van der Waals surface area contributed by atoms with Crippen LogP contribution < -0.4 is 15.4 Å². The minimum Gasteiger partial charge on any atom is -0.484 e. The maximum Gasteiger partial charge on any atom is 0.422 e. The highest BCUT2D eigenvalue weighted by Gasteiger charge is 2.47. The SMILES string of the molecule is Cc1ccc(-n2nc3c(c2NC(=O)CS(C)(=O)=O)C(=O)N[C@@]2(CCc4cc(OCC(F)(F)F)ccc42)C3)nc1. The van der Waals surface area contributed by atoms with E-state index in [4.69, 9.17) is 4.74 Å². The Balaban J connectivity index is 1.52. The van der Waals surface area contributed by atoms with Gasteiger partial charge in [-0.1, -0.05) is 12.1 Å². The summed E-state index contributed by atoms with van der Waals surface area (Å²) in [5, 5.41) is 10.1. The van der Waals surface area contributed by atoms with Crippen molar-refractivity contribution in [3.63, 3.8) is 0 Å². The molecule has 1 aliphatic carbocycles. The predicted octanol–water partition coefficient (Wildman–Crippen LogP) is 2.63. The zero-order valence-corrected chi connectivity index (χ0v) is 21.7. The number of aromatic nitrogens is 3. The lowest BCUT2D eigenvalue weighted by Gasteiger charge is -2.35. The van der Waals surface area contributed by atoms with E-state index in [1.165, 1.54) is 10.7 Å². The lowest BCUT2D eigenvalue weighted by Crippen LogP contribution is -2.49. The largest absolute Gasteiger partial charge is 0.484 e. The molecule has 0 bridgehead atoms. The zero-order chi connectivity index (χ0) is 28.2. The van der Waals surface area contributed by atoms with Gasteiger partial charge >= 0.3 is 6.18 Å². The van der Waals surface area contributed by atoms with Gasteiger partial charge in [0.05, 0.1) is 11.2 Å². The van der Waals surface area contributed by atoms with Gasteiger partial charge in [0.1, 0.15) is 17.1 Å². The standard InChI is InChI=1S/C25H24F3N5O5S/c1-14-3-6-19(29-11-14)33-22(30-20(34)12-39(2,36)37)21-18(32-33)10-24(31-23(21)35)8-7-15-9-16(4-5-17(15)24)38-13-25(26,27)28/h3-6,9,11H,7-8,10,12-13H2,1-2H3,(H,30,34)(H,31,35)/t24-/m0/s1. The summed E-state index contributed by atoms with van der Waals surface area (Å²) < 4.78 is 67.3. The van der Waals surface area contributed by atoms with Crippen molar-refractivity contribution in [3.8, 4) is 11.6 Å². The Morgan fingerprint density at radius 1 is 1.26 bits per heavy atom. The summed E-state index contributed by atoms with van der Waals surface area (Å²) in [6, 6.07) is 8.06. The maximum absolute atomic E-state index is 13.5. The van der Waals surface area contributed by atoms with Crippen molar-refractivity contribution >= 4 is 27.5 Å². The smallest absolute Gasteiger partial charge is 0.422 e. The lowest BCUT2D eigenvalue weighted by atomic mass is 9.82. The summed E-state index contributed by atoms with van der Waals surface area (Å²) in [5.41, 5.74) is 1.95. The van der Waals surface area contributed by atoms with E-state index >= 15 is 0 Å². The van der Waals surface area contributed by atoms with Gasteiger partial charge in [-0.2, -0.15) is 23.0 Å². The molecule has 2 N–H and O–H groups in total. The van der Waals surface area contributed by atoms with Gasteiger partial charge in [-0.15, -0.1) is 0 Å². The van der Waals surface area contributed by atoms with Crippen LogP contribution in [-0.2, 0) is 33.0 Å². The van der Waals surface area contributed by atoms with Crippen LogP contribution in [0.1, 0.15) is 39.2 Å². The van der Waals surface area contributed by atoms with E-state index in [9.17, 15) is 31.2 Å². The van der Waals surface area contributed by atoms with Gasteiger partial charge in [0.2, 0.25) is 5.91 Å². The Labute approximate surface area is 221 Å². The third kappa shape index (κ3) is 5.46. The zero-order valence-electron chi connectivity index (χ0n) is 20.9. The first-order chi connectivity index (χ1) is 18.2. The molecule has 0 saturated carbocycles. The predicted molar refractivity (Wildman–Crippen MR) is 134 cm³/mol. The van der Waals surface area contributed by atoms with Crippen LogP contribution >= 0.6 is 0 Å². The molecule has 3 aromatic rings. The van der Waals surface area contributed by atoms with Crippen LogP contribution in [0.25, 0.3) is 5.82 Å². The molecule has 5 rings (SSSR count). The van der Waals surface area contributed by atoms with Gasteiger partial charge in [-0.25, -0.2) is 13.4 Å². The van der Waals surface area contributed by atoms with E-state index in [0.717, 1.165) is 22.9 Å². The number of sulfone groups is 1. The molecular formula is C25H24F3N5O5S. The fraction of sp³-hybridized carbons (Fsp3) is 0.360. The highest BCUT2D eigenvalue weighted by atomic mass is 32.2. The molecular weight excluding hydrogens is 539 g/mol. The number of benzene rings is 1. The number of anilines is 1. The van der Waals surface area contributed by atoms with Gasteiger partial charge in [0.25, 0.3) is 5.91 Å². The van der Waals surface area contributed by atoms with Crippen LogP contribution in [0.5, 0.6) is 5.75 Å². The van der Waals surface area contributed by atoms with Crippen molar-refractivity contribution in [2.24, 2.45) is 0 Å². The number of rotatable bonds is 6. The lowest BCUT2D eigenvalue weighted by molar-refractivity contribution is -0.153. The monoisotopic (exact) mass is 563 g/mol. The maximum atomic E-state index is 13.5. The average Bonchev–Trinajstić information content (AvgIpc) is 3.35. The average molecular weight is 564 g/mol. The van der Waals surface area contributed by atoms with Gasteiger partial charge in [0.15, 0.2) is 28.1 Å². The molecule has 1 spiro atoms. The second-order valence-corrected chi connectivity index (χ2v) is 12.0. The van der Waals surface area contributed by atoms with Gasteiger partial charge in [-0.05, 0) is 54.7 Å². The number of ether oxygens (including phenoxy) is 1. The molecule has 1 aromatic carbocycles. The number of carbonyl (C=O) groups excluding carboxylic acids is 2. The second kappa shape index (κ2) is 9.36. The number of alkyl halides is 3. The first-order valence-electron chi connectivity index (χ1n) is 11.9. The van der Waals surface area contributed by atoms with E-state index < -0.39 is 45.7 Å². The van der Waals surface area contributed by atoms with Crippen molar-refractivity contribution in [3.05, 3.63) is 64.5 Å². The van der Waals surface area contributed by atoms with Crippen LogP contribution in [0.4, 0.5) is 19.0 Å². The van der Waals surface area contributed by atoms with Crippen LogP contribution in [0.3, 0.4) is 0 Å². The first kappa shape index (κ1) is 26.7. The number of nitrogens with one attached hydrogen (secondary N) is 2. The van der Waals surface area contributed by atoms with Crippen molar-refractivity contribution in [2.75, 3.05) is 23.9 Å². The fourth-order valence-electron chi connectivity index (χ4n) is 5.00. The third-order valence-corrected chi connectivity index (χ3v) is 7.37. The Bertz CT molecular complexity index is 1580. The molecule has 3 heterocycles. The fourth-order valence-corrected chi connectivity index (χ4v) is 5.55. The quantitative estimate of drug-likeness (QED) is 0.471. The number of carbonyl (C=O) groups is 2. The van der Waals surface area contributed by atoms with Crippen LogP contribution in [-0.4, -0.2) is 59.8 Å².